The first-order chi connectivity index (χ1) is 6.18. The van der Waals surface area contributed by atoms with Gasteiger partial charge in [-0.3, -0.25) is 0 Å². The predicted octanol–water partition coefficient (Wildman–Crippen LogP) is 3.68. The van der Waals surface area contributed by atoms with Crippen molar-refractivity contribution in [1.82, 2.24) is 0 Å². The van der Waals surface area contributed by atoms with Crippen LogP contribution in [0, 0.1) is 0 Å². The average Bonchev–Trinajstić information content (AvgIpc) is 2.18. The minimum absolute atomic E-state index is 0.384. The fourth-order valence-electron chi connectivity index (χ4n) is 0.157. The maximum absolute atomic E-state index is 5.29. The van der Waals surface area contributed by atoms with Crippen LogP contribution in [0.25, 0.3) is 0 Å². The summed E-state index contributed by atoms with van der Waals surface area (Å²) in [6.45, 7) is 15.0. The zero-order valence-corrected chi connectivity index (χ0v) is 9.59. The summed E-state index contributed by atoms with van der Waals surface area (Å²) < 4.78 is 0. The van der Waals surface area contributed by atoms with Gasteiger partial charge in [0, 0.05) is 6.04 Å². The van der Waals surface area contributed by atoms with Crippen LogP contribution in [0.4, 0.5) is 0 Å². The summed E-state index contributed by atoms with van der Waals surface area (Å²) >= 11 is 0. The molecular formula is C12H25N. The summed E-state index contributed by atoms with van der Waals surface area (Å²) in [6.07, 6.45) is 8.16. The molecule has 2 N–H and O–H groups in total. The normalized spacial score (nSPS) is 10.2. The summed E-state index contributed by atoms with van der Waals surface area (Å²) in [7, 11) is 0. The van der Waals surface area contributed by atoms with Crippen LogP contribution >= 0.6 is 0 Å². The third-order valence-corrected chi connectivity index (χ3v) is 1.03. The largest absolute Gasteiger partial charge is 0.328 e. The molecule has 0 bridgehead atoms. The van der Waals surface area contributed by atoms with Crippen LogP contribution < -0.4 is 5.73 Å². The van der Waals surface area contributed by atoms with Crippen molar-refractivity contribution in [1.29, 1.82) is 0 Å². The lowest BCUT2D eigenvalue weighted by atomic mass is 10.3. The third kappa shape index (κ3) is 53.9. The quantitative estimate of drug-likeness (QED) is 0.664. The van der Waals surface area contributed by atoms with Crippen molar-refractivity contribution in [3.63, 3.8) is 0 Å². The van der Waals surface area contributed by atoms with Crippen LogP contribution in [0.1, 0.15) is 34.1 Å². The molecule has 0 aliphatic carbocycles. The van der Waals surface area contributed by atoms with Crippen molar-refractivity contribution in [2.45, 2.75) is 40.2 Å². The number of hydrogen-bond acceptors (Lipinski definition) is 1. The van der Waals surface area contributed by atoms with Gasteiger partial charge >= 0.3 is 0 Å². The first-order valence-corrected chi connectivity index (χ1v) is 4.84. The fourth-order valence-corrected chi connectivity index (χ4v) is 0.157. The Morgan fingerprint density at radius 2 is 1.38 bits per heavy atom. The molecule has 0 aromatic carbocycles. The van der Waals surface area contributed by atoms with Crippen LogP contribution in [-0.4, -0.2) is 6.04 Å². The van der Waals surface area contributed by atoms with E-state index in [0.29, 0.717) is 6.04 Å². The molecule has 0 radical (unpaired) electrons. The van der Waals surface area contributed by atoms with E-state index in [-0.39, 0.29) is 0 Å². The highest BCUT2D eigenvalue weighted by Crippen LogP contribution is 1.77. The van der Waals surface area contributed by atoms with Gasteiger partial charge < -0.3 is 5.73 Å². The van der Waals surface area contributed by atoms with Crippen molar-refractivity contribution >= 4 is 0 Å². The molecule has 0 rings (SSSR count). The van der Waals surface area contributed by atoms with E-state index in [1.165, 1.54) is 0 Å². The van der Waals surface area contributed by atoms with Crippen LogP contribution in [-0.2, 0) is 0 Å². The van der Waals surface area contributed by atoms with Gasteiger partial charge in [-0.2, -0.15) is 0 Å². The van der Waals surface area contributed by atoms with Gasteiger partial charge in [-0.15, -0.1) is 0 Å². The summed E-state index contributed by atoms with van der Waals surface area (Å²) in [5.74, 6) is 0. The topological polar surface area (TPSA) is 26.0 Å². The summed E-state index contributed by atoms with van der Waals surface area (Å²) in [6, 6.07) is 0.384. The second kappa shape index (κ2) is 22.5. The maximum Gasteiger partial charge on any atom is 0.000781 e. The molecule has 78 valence electrons. The molecule has 1 atom stereocenters. The molecule has 0 aromatic rings. The van der Waals surface area contributed by atoms with E-state index in [9.17, 15) is 0 Å². The van der Waals surface area contributed by atoms with E-state index in [1.807, 2.05) is 32.9 Å². The second-order valence-corrected chi connectivity index (χ2v) is 2.24. The summed E-state index contributed by atoms with van der Waals surface area (Å²) in [4.78, 5) is 0. The Morgan fingerprint density at radius 3 is 1.46 bits per heavy atom. The summed E-state index contributed by atoms with van der Waals surface area (Å²) in [5, 5.41) is 0. The Kier molecular flexibility index (Phi) is 31.2. The molecule has 0 fully saturated rings. The van der Waals surface area contributed by atoms with Gasteiger partial charge in [0.15, 0.2) is 0 Å². The lowest BCUT2D eigenvalue weighted by Gasteiger charge is -1.91. The minimum Gasteiger partial charge on any atom is -0.328 e. The van der Waals surface area contributed by atoms with Gasteiger partial charge in [0.25, 0.3) is 0 Å². The van der Waals surface area contributed by atoms with Crippen LogP contribution in [0.15, 0.2) is 37.5 Å². The molecule has 0 spiro atoms. The van der Waals surface area contributed by atoms with Crippen LogP contribution in [0.3, 0.4) is 0 Å². The monoisotopic (exact) mass is 183 g/mol. The van der Waals surface area contributed by atoms with Gasteiger partial charge in [0.2, 0.25) is 0 Å². The van der Waals surface area contributed by atoms with Crippen molar-refractivity contribution in [3.05, 3.63) is 37.5 Å². The third-order valence-electron chi connectivity index (χ3n) is 1.03. The van der Waals surface area contributed by atoms with Gasteiger partial charge in [-0.05, 0) is 13.3 Å². The lowest BCUT2D eigenvalue weighted by molar-refractivity contribution is 0.715. The smallest absolute Gasteiger partial charge is 0.000781 e. The first kappa shape index (κ1) is 18.1. The highest BCUT2D eigenvalue weighted by Gasteiger charge is 1.79. The Labute approximate surface area is 84.0 Å². The lowest BCUT2D eigenvalue weighted by Crippen LogP contribution is -2.11. The predicted molar refractivity (Wildman–Crippen MR) is 64.8 cm³/mol. The van der Waals surface area contributed by atoms with Gasteiger partial charge in [-0.1, -0.05) is 58.2 Å². The molecule has 0 amide bonds. The molecule has 0 heterocycles. The van der Waals surface area contributed by atoms with Crippen LogP contribution in [0.5, 0.6) is 0 Å². The first-order valence-electron chi connectivity index (χ1n) is 4.84. The molecule has 0 saturated carbocycles. The zero-order valence-electron chi connectivity index (χ0n) is 9.59. The Balaban J connectivity index is -0.000000131. The minimum atomic E-state index is 0.384. The van der Waals surface area contributed by atoms with E-state index in [2.05, 4.69) is 20.1 Å². The van der Waals surface area contributed by atoms with Crippen molar-refractivity contribution < 1.29 is 0 Å². The Bertz CT molecular complexity index is 102. The van der Waals surface area contributed by atoms with E-state index >= 15 is 0 Å². The zero-order chi connectivity index (χ0) is 11.1. The fraction of sp³-hybridized carbons (Fsp3) is 0.500. The van der Waals surface area contributed by atoms with E-state index in [4.69, 9.17) is 5.73 Å². The molecule has 0 saturated heterocycles. The standard InChI is InChI=1S/C6H8.C4H11N.C2H6/c1-3-5-6-4-2;1-3-4(2)5;1-2/h3-6H,1-2H2;4H,3,5H2,1-2H3;1-2H3/b6-5-;;. The SMILES string of the molecule is C=C/C=C\C=C.CC.CCC(C)N. The van der Waals surface area contributed by atoms with E-state index in [1.54, 1.807) is 12.2 Å². The molecule has 13 heavy (non-hydrogen) atoms. The Hall–Kier alpha value is -0.820. The molecule has 1 unspecified atom stereocenters. The van der Waals surface area contributed by atoms with Crippen LogP contribution in [0.2, 0.25) is 0 Å². The summed E-state index contributed by atoms with van der Waals surface area (Å²) in [5.41, 5.74) is 5.29. The van der Waals surface area contributed by atoms with Crippen molar-refractivity contribution in [2.24, 2.45) is 5.73 Å². The number of hydrogen-bond donors (Lipinski definition) is 1. The van der Waals surface area contributed by atoms with Crippen molar-refractivity contribution in [2.75, 3.05) is 0 Å². The molecular weight excluding hydrogens is 158 g/mol. The molecule has 0 aliphatic rings. The highest BCUT2D eigenvalue weighted by atomic mass is 14.6. The van der Waals surface area contributed by atoms with Gasteiger partial charge in [-0.25, -0.2) is 0 Å². The molecule has 0 aromatic heterocycles. The molecule has 0 aliphatic heterocycles. The van der Waals surface area contributed by atoms with E-state index in [0.717, 1.165) is 6.42 Å². The maximum atomic E-state index is 5.29. The van der Waals surface area contributed by atoms with Gasteiger partial charge in [0.05, 0.1) is 0 Å². The Morgan fingerprint density at radius 1 is 1.15 bits per heavy atom. The number of nitrogens with two attached hydrogens (primary N) is 1. The average molecular weight is 183 g/mol. The molecule has 1 nitrogen and oxygen atoms in total. The van der Waals surface area contributed by atoms with E-state index < -0.39 is 0 Å². The number of allylic oxidation sites excluding steroid dienone is 4. The number of rotatable bonds is 3. The van der Waals surface area contributed by atoms with Crippen molar-refractivity contribution in [3.8, 4) is 0 Å². The van der Waals surface area contributed by atoms with Gasteiger partial charge in [0.1, 0.15) is 0 Å². The molecule has 1 heteroatoms. The highest BCUT2D eigenvalue weighted by molar-refractivity contribution is 5.05. The second-order valence-electron chi connectivity index (χ2n) is 2.24.